The first-order valence-electron chi connectivity index (χ1n) is 9.63. The summed E-state index contributed by atoms with van der Waals surface area (Å²) in [5, 5.41) is 3.86. The lowest BCUT2D eigenvalue weighted by Crippen LogP contribution is -2.39. The zero-order chi connectivity index (χ0) is 14.7. The van der Waals surface area contributed by atoms with Crippen LogP contribution in [0.4, 0.5) is 0 Å². The molecule has 122 valence electrons. The largest absolute Gasteiger partial charge is 0.378 e. The number of hydrogen-bond donors (Lipinski definition) is 1. The minimum absolute atomic E-state index is 0.578. The first-order chi connectivity index (χ1) is 10.3. The molecule has 0 aromatic carbocycles. The van der Waals surface area contributed by atoms with Gasteiger partial charge in [0.05, 0.1) is 6.10 Å². The van der Waals surface area contributed by atoms with Crippen LogP contribution in [0.15, 0.2) is 0 Å². The molecule has 0 saturated heterocycles. The number of ether oxygens (including phenoxy) is 1. The summed E-state index contributed by atoms with van der Waals surface area (Å²) in [6.07, 6.45) is 13.5. The summed E-state index contributed by atoms with van der Waals surface area (Å²) in [6, 6.07) is 0.780. The lowest BCUT2D eigenvalue weighted by atomic mass is 9.75. The Hall–Kier alpha value is -0.0800. The van der Waals surface area contributed by atoms with Crippen molar-refractivity contribution in [1.82, 2.24) is 5.32 Å². The number of fused-ring (bicyclic) bond motifs is 2. The highest BCUT2D eigenvalue weighted by atomic mass is 16.5. The Morgan fingerprint density at radius 2 is 1.90 bits per heavy atom. The molecule has 3 aliphatic rings. The van der Waals surface area contributed by atoms with Crippen LogP contribution in [0, 0.1) is 23.7 Å². The minimum Gasteiger partial charge on any atom is -0.378 e. The summed E-state index contributed by atoms with van der Waals surface area (Å²) in [5.41, 5.74) is 0. The summed E-state index contributed by atoms with van der Waals surface area (Å²) in [5.74, 6) is 4.15. The van der Waals surface area contributed by atoms with Crippen molar-refractivity contribution in [3.63, 3.8) is 0 Å². The maximum atomic E-state index is 5.72. The number of nitrogens with one attached hydrogen (secondary N) is 1. The molecular formula is C19H35NO. The van der Waals surface area contributed by atoms with Crippen molar-refractivity contribution in [3.05, 3.63) is 0 Å². The normalized spacial score (nSPS) is 39.4. The van der Waals surface area contributed by atoms with Gasteiger partial charge in [-0.1, -0.05) is 13.3 Å². The molecule has 0 heterocycles. The highest BCUT2D eigenvalue weighted by Crippen LogP contribution is 2.50. The van der Waals surface area contributed by atoms with E-state index in [1.807, 2.05) is 0 Å². The molecule has 0 aliphatic heterocycles. The summed E-state index contributed by atoms with van der Waals surface area (Å²) in [4.78, 5) is 0. The second-order valence-corrected chi connectivity index (χ2v) is 7.97. The van der Waals surface area contributed by atoms with Crippen LogP contribution in [0.5, 0.6) is 0 Å². The van der Waals surface area contributed by atoms with Crippen LogP contribution in [0.1, 0.15) is 71.6 Å². The summed E-state index contributed by atoms with van der Waals surface area (Å²) >= 11 is 0. The third-order valence-corrected chi connectivity index (χ3v) is 6.37. The van der Waals surface area contributed by atoms with Crippen LogP contribution < -0.4 is 5.32 Å². The molecule has 21 heavy (non-hydrogen) atoms. The monoisotopic (exact) mass is 293 g/mol. The topological polar surface area (TPSA) is 21.3 Å². The van der Waals surface area contributed by atoms with Gasteiger partial charge in [-0.05, 0) is 88.5 Å². The Bertz CT molecular complexity index is 313. The summed E-state index contributed by atoms with van der Waals surface area (Å²) in [6.45, 7) is 6.50. The van der Waals surface area contributed by atoms with Gasteiger partial charge in [0, 0.05) is 12.6 Å². The average molecular weight is 293 g/mol. The second-order valence-electron chi connectivity index (χ2n) is 7.97. The summed E-state index contributed by atoms with van der Waals surface area (Å²) < 4.78 is 5.72. The summed E-state index contributed by atoms with van der Waals surface area (Å²) in [7, 11) is 0. The molecule has 1 N–H and O–H groups in total. The van der Waals surface area contributed by atoms with Crippen LogP contribution in [0.25, 0.3) is 0 Å². The van der Waals surface area contributed by atoms with Gasteiger partial charge in [0.15, 0.2) is 0 Å². The van der Waals surface area contributed by atoms with Gasteiger partial charge in [-0.2, -0.15) is 0 Å². The SMILES string of the molecule is CCCNC(CC1CC(OCC)C1)CC1CC2CCC1C2. The van der Waals surface area contributed by atoms with Gasteiger partial charge < -0.3 is 10.1 Å². The predicted octanol–water partition coefficient (Wildman–Crippen LogP) is 4.39. The van der Waals surface area contributed by atoms with E-state index in [4.69, 9.17) is 4.74 Å². The van der Waals surface area contributed by atoms with Gasteiger partial charge in [-0.25, -0.2) is 0 Å². The van der Waals surface area contributed by atoms with E-state index in [0.717, 1.165) is 36.3 Å². The van der Waals surface area contributed by atoms with Crippen LogP contribution in [-0.2, 0) is 4.74 Å². The maximum Gasteiger partial charge on any atom is 0.0580 e. The van der Waals surface area contributed by atoms with Gasteiger partial charge in [-0.3, -0.25) is 0 Å². The molecule has 4 atom stereocenters. The van der Waals surface area contributed by atoms with E-state index in [9.17, 15) is 0 Å². The molecule has 2 nitrogen and oxygen atoms in total. The highest BCUT2D eigenvalue weighted by Gasteiger charge is 2.40. The molecule has 3 aliphatic carbocycles. The van der Waals surface area contributed by atoms with Gasteiger partial charge in [0.2, 0.25) is 0 Å². The third-order valence-electron chi connectivity index (χ3n) is 6.37. The van der Waals surface area contributed by atoms with Crippen molar-refractivity contribution in [2.75, 3.05) is 13.2 Å². The van der Waals surface area contributed by atoms with Gasteiger partial charge in [-0.15, -0.1) is 0 Å². The Balaban J connectivity index is 1.43. The molecule has 3 fully saturated rings. The molecule has 3 saturated carbocycles. The van der Waals surface area contributed by atoms with Crippen LogP contribution in [0.3, 0.4) is 0 Å². The second kappa shape index (κ2) is 7.46. The molecular weight excluding hydrogens is 258 g/mol. The van der Waals surface area contributed by atoms with Crippen LogP contribution in [0.2, 0.25) is 0 Å². The molecule has 0 amide bonds. The molecule has 3 rings (SSSR count). The molecule has 2 heteroatoms. The quantitative estimate of drug-likeness (QED) is 0.681. The van der Waals surface area contributed by atoms with E-state index in [-0.39, 0.29) is 0 Å². The number of hydrogen-bond acceptors (Lipinski definition) is 2. The van der Waals surface area contributed by atoms with Crippen molar-refractivity contribution in [2.24, 2.45) is 23.7 Å². The van der Waals surface area contributed by atoms with Crippen molar-refractivity contribution in [2.45, 2.75) is 83.8 Å². The predicted molar refractivity (Wildman–Crippen MR) is 88.4 cm³/mol. The molecule has 0 aromatic heterocycles. The molecule has 0 spiro atoms. The molecule has 0 aromatic rings. The molecule has 2 bridgehead atoms. The lowest BCUT2D eigenvalue weighted by Gasteiger charge is -2.38. The van der Waals surface area contributed by atoms with E-state index in [1.54, 1.807) is 12.8 Å². The van der Waals surface area contributed by atoms with E-state index in [0.29, 0.717) is 6.10 Å². The highest BCUT2D eigenvalue weighted by molar-refractivity contribution is 4.93. The molecule has 0 radical (unpaired) electrons. The fraction of sp³-hybridized carbons (Fsp3) is 1.00. The third kappa shape index (κ3) is 4.01. The van der Waals surface area contributed by atoms with E-state index in [2.05, 4.69) is 19.2 Å². The lowest BCUT2D eigenvalue weighted by molar-refractivity contribution is -0.0298. The first kappa shape index (κ1) is 15.8. The van der Waals surface area contributed by atoms with E-state index >= 15 is 0 Å². The van der Waals surface area contributed by atoms with Crippen molar-refractivity contribution in [1.29, 1.82) is 0 Å². The first-order valence-corrected chi connectivity index (χ1v) is 9.63. The zero-order valence-corrected chi connectivity index (χ0v) is 14.2. The Labute approximate surface area is 131 Å². The Morgan fingerprint density at radius 1 is 1.05 bits per heavy atom. The van der Waals surface area contributed by atoms with Gasteiger partial charge in [0.25, 0.3) is 0 Å². The van der Waals surface area contributed by atoms with Gasteiger partial charge >= 0.3 is 0 Å². The van der Waals surface area contributed by atoms with Crippen LogP contribution in [-0.4, -0.2) is 25.3 Å². The van der Waals surface area contributed by atoms with Crippen molar-refractivity contribution >= 4 is 0 Å². The minimum atomic E-state index is 0.578. The fourth-order valence-electron chi connectivity index (χ4n) is 5.28. The van der Waals surface area contributed by atoms with E-state index < -0.39 is 0 Å². The standard InChI is InChI=1S/C19H35NO/c1-3-7-20-18(10-15-11-19(12-15)21-4-2)13-17-9-14-5-6-16(17)8-14/h14-20H,3-13H2,1-2H3. The van der Waals surface area contributed by atoms with E-state index in [1.165, 1.54) is 51.5 Å². The Kier molecular flexibility index (Phi) is 5.61. The number of rotatable bonds is 9. The zero-order valence-electron chi connectivity index (χ0n) is 14.2. The Morgan fingerprint density at radius 3 is 2.52 bits per heavy atom. The fourth-order valence-corrected chi connectivity index (χ4v) is 5.28. The van der Waals surface area contributed by atoms with Crippen molar-refractivity contribution in [3.8, 4) is 0 Å². The average Bonchev–Trinajstić information content (AvgIpc) is 3.04. The molecule has 4 unspecified atom stereocenters. The van der Waals surface area contributed by atoms with Crippen LogP contribution >= 0.6 is 0 Å². The smallest absolute Gasteiger partial charge is 0.0580 e. The van der Waals surface area contributed by atoms with Gasteiger partial charge in [0.1, 0.15) is 0 Å². The van der Waals surface area contributed by atoms with Crippen molar-refractivity contribution < 1.29 is 4.74 Å². The maximum absolute atomic E-state index is 5.72.